The van der Waals surface area contributed by atoms with Gasteiger partial charge in [-0.25, -0.2) is 15.0 Å². The highest BCUT2D eigenvalue weighted by molar-refractivity contribution is 7.26. The van der Waals surface area contributed by atoms with Crippen LogP contribution in [-0.4, -0.2) is 15.0 Å². The van der Waals surface area contributed by atoms with E-state index < -0.39 is 0 Å². The lowest BCUT2D eigenvalue weighted by atomic mass is 9.96. The molecule has 252 valence electrons. The number of hydrogen-bond acceptors (Lipinski definition) is 5. The molecule has 3 heterocycles. The summed E-state index contributed by atoms with van der Waals surface area (Å²) in [5, 5.41) is 6.80. The maximum Gasteiger partial charge on any atom is 0.167 e. The molecule has 0 spiro atoms. The van der Waals surface area contributed by atoms with Gasteiger partial charge in [0.05, 0.1) is 5.56 Å². The van der Waals surface area contributed by atoms with E-state index in [4.69, 9.17) is 19.4 Å². The van der Waals surface area contributed by atoms with Gasteiger partial charge >= 0.3 is 0 Å². The quantitative estimate of drug-likeness (QED) is 0.179. The van der Waals surface area contributed by atoms with Crippen molar-refractivity contribution in [3.63, 3.8) is 0 Å². The highest BCUT2D eigenvalue weighted by atomic mass is 32.1. The number of benzene rings is 8. The molecule has 0 aliphatic rings. The number of fused-ring (bicyclic) bond motifs is 7. The first-order valence-corrected chi connectivity index (χ1v) is 18.8. The van der Waals surface area contributed by atoms with Gasteiger partial charge in [0, 0.05) is 42.1 Å². The molecule has 0 amide bonds. The normalized spacial score (nSPS) is 11.7. The molecule has 0 bridgehead atoms. The first kappa shape index (κ1) is 30.7. The van der Waals surface area contributed by atoms with Crippen LogP contribution in [0.4, 0.5) is 0 Å². The molecule has 8 aromatic carbocycles. The van der Waals surface area contributed by atoms with Crippen LogP contribution in [-0.2, 0) is 0 Å². The molecular formula is C49H29N3OS. The Kier molecular flexibility index (Phi) is 7.00. The van der Waals surface area contributed by atoms with Crippen LogP contribution in [0.1, 0.15) is 0 Å². The number of furan rings is 1. The van der Waals surface area contributed by atoms with E-state index in [2.05, 4.69) is 152 Å². The monoisotopic (exact) mass is 707 g/mol. The third-order valence-electron chi connectivity index (χ3n) is 10.3. The van der Waals surface area contributed by atoms with Crippen LogP contribution in [0.25, 0.3) is 109 Å². The second-order valence-electron chi connectivity index (χ2n) is 13.6. The molecule has 4 nitrogen and oxygen atoms in total. The smallest absolute Gasteiger partial charge is 0.167 e. The van der Waals surface area contributed by atoms with Crippen molar-refractivity contribution in [3.05, 3.63) is 176 Å². The summed E-state index contributed by atoms with van der Waals surface area (Å²) in [7, 11) is 0. The summed E-state index contributed by atoms with van der Waals surface area (Å²) >= 11 is 1.77. The third kappa shape index (κ3) is 5.09. The fourth-order valence-corrected chi connectivity index (χ4v) is 8.85. The van der Waals surface area contributed by atoms with Gasteiger partial charge in [0.1, 0.15) is 11.2 Å². The fourth-order valence-electron chi connectivity index (χ4n) is 7.64. The van der Waals surface area contributed by atoms with E-state index in [1.807, 2.05) is 24.3 Å². The number of aromatic nitrogens is 3. The van der Waals surface area contributed by atoms with Crippen LogP contribution < -0.4 is 0 Å². The molecule has 11 aromatic rings. The maximum atomic E-state index is 6.82. The Morgan fingerprint density at radius 2 is 0.963 bits per heavy atom. The molecule has 0 saturated heterocycles. The molecule has 11 rings (SSSR count). The van der Waals surface area contributed by atoms with E-state index in [1.54, 1.807) is 11.3 Å². The van der Waals surface area contributed by atoms with E-state index in [-0.39, 0.29) is 0 Å². The standard InChI is InChI=1S/C49H29N3OS/c1-3-12-30(13-4-1)31-22-24-32(25-23-31)36-27-41-40-26-34-16-7-8-17-35(34)29-43(40)53-45(41)42(28-36)49-51-47(33-14-5-2-6-15-33)50-48(52-49)39-20-11-19-38-37-18-9-10-21-44(37)54-46(38)39/h1-29H. The van der Waals surface area contributed by atoms with Crippen molar-refractivity contribution in [2.75, 3.05) is 0 Å². The first-order valence-electron chi connectivity index (χ1n) is 18.0. The summed E-state index contributed by atoms with van der Waals surface area (Å²) in [6, 6.07) is 61.6. The molecule has 0 unspecified atom stereocenters. The summed E-state index contributed by atoms with van der Waals surface area (Å²) in [6.07, 6.45) is 0. The molecule has 0 aliphatic heterocycles. The lowest BCUT2D eigenvalue weighted by molar-refractivity contribution is 0.670. The third-order valence-corrected chi connectivity index (χ3v) is 11.5. The molecule has 0 radical (unpaired) electrons. The lowest BCUT2D eigenvalue weighted by Gasteiger charge is -2.11. The van der Waals surface area contributed by atoms with Crippen LogP contribution in [0.3, 0.4) is 0 Å². The van der Waals surface area contributed by atoms with Crippen molar-refractivity contribution in [3.8, 4) is 56.4 Å². The van der Waals surface area contributed by atoms with Gasteiger partial charge in [0.25, 0.3) is 0 Å². The van der Waals surface area contributed by atoms with Gasteiger partial charge in [-0.15, -0.1) is 11.3 Å². The summed E-state index contributed by atoms with van der Waals surface area (Å²) in [6.45, 7) is 0. The average Bonchev–Trinajstić information content (AvgIpc) is 3.81. The van der Waals surface area contributed by atoms with Crippen molar-refractivity contribution in [2.45, 2.75) is 0 Å². The molecule has 54 heavy (non-hydrogen) atoms. The van der Waals surface area contributed by atoms with E-state index in [0.717, 1.165) is 65.2 Å². The van der Waals surface area contributed by atoms with Crippen LogP contribution in [0.5, 0.6) is 0 Å². The van der Waals surface area contributed by atoms with Crippen molar-refractivity contribution in [1.29, 1.82) is 0 Å². The van der Waals surface area contributed by atoms with E-state index in [0.29, 0.717) is 17.5 Å². The lowest BCUT2D eigenvalue weighted by Crippen LogP contribution is -2.00. The number of nitrogens with zero attached hydrogens (tertiary/aromatic N) is 3. The Morgan fingerprint density at radius 1 is 0.370 bits per heavy atom. The average molecular weight is 708 g/mol. The highest BCUT2D eigenvalue weighted by Gasteiger charge is 2.21. The van der Waals surface area contributed by atoms with Gasteiger partial charge in [0.15, 0.2) is 17.5 Å². The minimum Gasteiger partial charge on any atom is -0.455 e. The Balaban J connectivity index is 1.18. The number of hydrogen-bond donors (Lipinski definition) is 0. The second kappa shape index (κ2) is 12.3. The van der Waals surface area contributed by atoms with Crippen molar-refractivity contribution >= 4 is 64.2 Å². The van der Waals surface area contributed by atoms with E-state index in [9.17, 15) is 0 Å². The Labute approximate surface area is 314 Å². The topological polar surface area (TPSA) is 51.8 Å². The van der Waals surface area contributed by atoms with Crippen LogP contribution in [0.15, 0.2) is 180 Å². The molecule has 0 fully saturated rings. The zero-order valence-corrected chi connectivity index (χ0v) is 29.7. The SMILES string of the molecule is c1ccc(-c2ccc(-c3cc(-c4nc(-c5ccccc5)nc(-c5cccc6c5sc5ccccc56)n4)c4oc5cc6ccccc6cc5c4c3)cc2)cc1. The fraction of sp³-hybridized carbons (Fsp3) is 0. The molecule has 0 N–H and O–H groups in total. The Bertz CT molecular complexity index is 3200. The summed E-state index contributed by atoms with van der Waals surface area (Å²) < 4.78 is 9.21. The number of thiophene rings is 1. The van der Waals surface area contributed by atoms with E-state index in [1.165, 1.54) is 26.6 Å². The van der Waals surface area contributed by atoms with Crippen LogP contribution in [0.2, 0.25) is 0 Å². The van der Waals surface area contributed by atoms with Crippen LogP contribution in [0, 0.1) is 0 Å². The van der Waals surface area contributed by atoms with Gasteiger partial charge in [-0.2, -0.15) is 0 Å². The van der Waals surface area contributed by atoms with Crippen molar-refractivity contribution in [2.24, 2.45) is 0 Å². The maximum absolute atomic E-state index is 6.82. The zero-order chi connectivity index (χ0) is 35.6. The summed E-state index contributed by atoms with van der Waals surface area (Å²) in [4.78, 5) is 15.7. The highest BCUT2D eigenvalue weighted by Crippen LogP contribution is 2.43. The van der Waals surface area contributed by atoms with Crippen molar-refractivity contribution < 1.29 is 4.42 Å². The predicted octanol–water partition coefficient (Wildman–Crippen LogP) is 13.6. The van der Waals surface area contributed by atoms with Gasteiger partial charge < -0.3 is 4.42 Å². The Hall–Kier alpha value is -6.95. The predicted molar refractivity (Wildman–Crippen MR) is 225 cm³/mol. The zero-order valence-electron chi connectivity index (χ0n) is 28.9. The molecule has 3 aromatic heterocycles. The molecule has 0 aliphatic carbocycles. The summed E-state index contributed by atoms with van der Waals surface area (Å²) in [5.41, 5.74) is 8.82. The molecule has 5 heteroatoms. The minimum absolute atomic E-state index is 0.563. The Morgan fingerprint density at radius 3 is 1.74 bits per heavy atom. The van der Waals surface area contributed by atoms with Crippen molar-refractivity contribution in [1.82, 2.24) is 15.0 Å². The molecular weight excluding hydrogens is 679 g/mol. The summed E-state index contributed by atoms with van der Waals surface area (Å²) in [5.74, 6) is 1.80. The van der Waals surface area contributed by atoms with E-state index >= 15 is 0 Å². The minimum atomic E-state index is 0.563. The number of rotatable bonds is 5. The van der Waals surface area contributed by atoms with Gasteiger partial charge in [-0.05, 0) is 69.4 Å². The van der Waals surface area contributed by atoms with Crippen LogP contribution >= 0.6 is 11.3 Å². The van der Waals surface area contributed by atoms with Gasteiger partial charge in [0.2, 0.25) is 0 Å². The van der Waals surface area contributed by atoms with Gasteiger partial charge in [-0.1, -0.05) is 140 Å². The first-order chi connectivity index (χ1) is 26.7. The molecule has 0 atom stereocenters. The van der Waals surface area contributed by atoms with Gasteiger partial charge in [-0.3, -0.25) is 0 Å². The second-order valence-corrected chi connectivity index (χ2v) is 14.6. The largest absolute Gasteiger partial charge is 0.455 e. The molecule has 0 saturated carbocycles.